The molecular formula is C21H19ClN2O2. The first-order valence-electron chi connectivity index (χ1n) is 8.19. The number of carboxylic acids is 1. The van der Waals surface area contributed by atoms with Crippen molar-refractivity contribution in [2.45, 2.75) is 20.8 Å². The van der Waals surface area contributed by atoms with Gasteiger partial charge in [0.25, 0.3) is 0 Å². The number of hydrogen-bond donors (Lipinski definition) is 1. The van der Waals surface area contributed by atoms with Crippen LogP contribution >= 0.6 is 11.6 Å². The van der Waals surface area contributed by atoms with Crippen molar-refractivity contribution in [2.24, 2.45) is 4.99 Å². The van der Waals surface area contributed by atoms with Crippen LogP contribution in [0.5, 0.6) is 0 Å². The monoisotopic (exact) mass is 366 g/mol. The van der Waals surface area contributed by atoms with E-state index >= 15 is 0 Å². The summed E-state index contributed by atoms with van der Waals surface area (Å²) in [5.41, 5.74) is 5.89. The minimum atomic E-state index is -1.04. The van der Waals surface area contributed by atoms with E-state index in [9.17, 15) is 9.90 Å². The first kappa shape index (κ1) is 18.0. The average Bonchev–Trinajstić information content (AvgIpc) is 2.89. The Morgan fingerprint density at radius 2 is 1.77 bits per heavy atom. The summed E-state index contributed by atoms with van der Waals surface area (Å²) < 4.78 is 2.00. The van der Waals surface area contributed by atoms with Crippen LogP contribution in [0.2, 0.25) is 5.02 Å². The van der Waals surface area contributed by atoms with Crippen LogP contribution in [0.25, 0.3) is 5.69 Å². The molecule has 0 aliphatic carbocycles. The van der Waals surface area contributed by atoms with E-state index in [1.54, 1.807) is 12.1 Å². The van der Waals surface area contributed by atoms with Crippen molar-refractivity contribution in [2.75, 3.05) is 0 Å². The van der Waals surface area contributed by atoms with E-state index in [1.165, 1.54) is 5.56 Å². The lowest BCUT2D eigenvalue weighted by atomic mass is 10.2. The molecule has 3 aromatic rings. The van der Waals surface area contributed by atoms with E-state index in [-0.39, 0.29) is 10.6 Å². The summed E-state index contributed by atoms with van der Waals surface area (Å²) in [4.78, 5) is 15.9. The Bertz CT molecular complexity index is 1000. The molecule has 0 fully saturated rings. The molecule has 1 aromatic heterocycles. The second kappa shape index (κ2) is 7.18. The Hall–Kier alpha value is -2.85. The summed E-state index contributed by atoms with van der Waals surface area (Å²) in [7, 11) is 0. The molecule has 0 saturated carbocycles. The quantitative estimate of drug-likeness (QED) is 0.619. The molecule has 0 bridgehead atoms. The number of aromatic carboxylic acids is 1. The Labute approximate surface area is 157 Å². The summed E-state index contributed by atoms with van der Waals surface area (Å²) >= 11 is 5.98. The highest BCUT2D eigenvalue weighted by molar-refractivity contribution is 6.33. The highest BCUT2D eigenvalue weighted by Gasteiger charge is 2.14. The molecule has 0 aliphatic heterocycles. The molecular weight excluding hydrogens is 348 g/mol. The number of aryl methyl sites for hydroxylation is 2. The number of halogens is 1. The van der Waals surface area contributed by atoms with Crippen molar-refractivity contribution in [1.82, 2.24) is 4.57 Å². The van der Waals surface area contributed by atoms with Crippen molar-refractivity contribution in [3.8, 4) is 5.69 Å². The third-order valence-electron chi connectivity index (χ3n) is 4.30. The fraction of sp³-hybridized carbons (Fsp3) is 0.143. The average molecular weight is 367 g/mol. The predicted molar refractivity (Wildman–Crippen MR) is 106 cm³/mol. The van der Waals surface area contributed by atoms with Gasteiger partial charge in [-0.2, -0.15) is 0 Å². The number of benzene rings is 2. The molecule has 132 valence electrons. The third kappa shape index (κ3) is 3.55. The summed E-state index contributed by atoms with van der Waals surface area (Å²) in [5.74, 6) is -1.04. The fourth-order valence-electron chi connectivity index (χ4n) is 2.91. The van der Waals surface area contributed by atoms with Gasteiger partial charge in [-0.05, 0) is 57.2 Å². The van der Waals surface area contributed by atoms with Crippen LogP contribution in [0, 0.1) is 20.8 Å². The number of carbonyl (C=O) groups is 1. The third-order valence-corrected chi connectivity index (χ3v) is 4.63. The van der Waals surface area contributed by atoms with E-state index < -0.39 is 5.97 Å². The second-order valence-corrected chi connectivity index (χ2v) is 6.63. The zero-order valence-electron chi connectivity index (χ0n) is 14.8. The molecule has 5 heteroatoms. The molecule has 3 rings (SSSR count). The smallest absolute Gasteiger partial charge is 0.337 e. The number of carboxylic acid groups (broad SMARTS) is 1. The van der Waals surface area contributed by atoms with Gasteiger partial charge < -0.3 is 9.67 Å². The minimum Gasteiger partial charge on any atom is -0.478 e. The SMILES string of the molecule is Cc1ccc(N=Cc2cc(C)n(-c3ccc(Cl)c(C(=O)O)c3)c2C)cc1. The number of aliphatic imine (C=N–C) groups is 1. The molecule has 1 heterocycles. The van der Waals surface area contributed by atoms with Crippen molar-refractivity contribution >= 4 is 29.5 Å². The van der Waals surface area contributed by atoms with Gasteiger partial charge in [0.1, 0.15) is 0 Å². The van der Waals surface area contributed by atoms with Crippen LogP contribution in [0.15, 0.2) is 53.5 Å². The highest BCUT2D eigenvalue weighted by atomic mass is 35.5. The predicted octanol–water partition coefficient (Wildman–Crippen LogP) is 5.50. The molecule has 26 heavy (non-hydrogen) atoms. The summed E-state index contributed by atoms with van der Waals surface area (Å²) in [5, 5.41) is 9.52. The fourth-order valence-corrected chi connectivity index (χ4v) is 3.11. The van der Waals surface area contributed by atoms with Gasteiger partial charge in [-0.1, -0.05) is 29.3 Å². The van der Waals surface area contributed by atoms with Crippen molar-refractivity contribution < 1.29 is 9.90 Å². The summed E-state index contributed by atoms with van der Waals surface area (Å²) in [6.07, 6.45) is 1.83. The van der Waals surface area contributed by atoms with Crippen molar-refractivity contribution in [1.29, 1.82) is 0 Å². The van der Waals surface area contributed by atoms with Crippen LogP contribution in [0.4, 0.5) is 5.69 Å². The Balaban J connectivity index is 1.99. The number of aromatic nitrogens is 1. The maximum atomic E-state index is 11.3. The molecule has 0 saturated heterocycles. The summed E-state index contributed by atoms with van der Waals surface area (Å²) in [6, 6.07) is 15.0. The van der Waals surface area contributed by atoms with E-state index in [0.29, 0.717) is 0 Å². The Morgan fingerprint density at radius 3 is 2.42 bits per heavy atom. The number of hydrogen-bond acceptors (Lipinski definition) is 2. The maximum absolute atomic E-state index is 11.3. The molecule has 0 spiro atoms. The zero-order chi connectivity index (χ0) is 18.8. The van der Waals surface area contributed by atoms with Crippen LogP contribution in [-0.4, -0.2) is 21.9 Å². The van der Waals surface area contributed by atoms with Gasteiger partial charge in [0.05, 0.1) is 16.3 Å². The lowest BCUT2D eigenvalue weighted by Crippen LogP contribution is -2.03. The van der Waals surface area contributed by atoms with Gasteiger partial charge in [0, 0.05) is 28.9 Å². The van der Waals surface area contributed by atoms with Crippen LogP contribution < -0.4 is 0 Å². The van der Waals surface area contributed by atoms with Crippen LogP contribution in [0.3, 0.4) is 0 Å². The molecule has 4 nitrogen and oxygen atoms in total. The van der Waals surface area contributed by atoms with Crippen LogP contribution in [0.1, 0.15) is 32.9 Å². The molecule has 0 unspecified atom stereocenters. The molecule has 0 atom stereocenters. The first-order valence-corrected chi connectivity index (χ1v) is 8.57. The first-order chi connectivity index (χ1) is 12.4. The maximum Gasteiger partial charge on any atom is 0.337 e. The molecule has 1 N–H and O–H groups in total. The standard InChI is InChI=1S/C21H19ClN2O2/c1-13-4-6-17(7-5-13)23-12-16-10-14(2)24(15(16)3)18-8-9-20(22)19(11-18)21(25)26/h4-12H,1-3H3,(H,25,26). The van der Waals surface area contributed by atoms with Crippen molar-refractivity contribution in [3.63, 3.8) is 0 Å². The highest BCUT2D eigenvalue weighted by Crippen LogP contribution is 2.25. The zero-order valence-corrected chi connectivity index (χ0v) is 15.6. The topological polar surface area (TPSA) is 54.6 Å². The van der Waals surface area contributed by atoms with Gasteiger partial charge >= 0.3 is 5.97 Å². The van der Waals surface area contributed by atoms with Crippen LogP contribution in [-0.2, 0) is 0 Å². The largest absolute Gasteiger partial charge is 0.478 e. The van der Waals surface area contributed by atoms with Gasteiger partial charge in [-0.15, -0.1) is 0 Å². The number of nitrogens with zero attached hydrogens (tertiary/aromatic N) is 2. The number of rotatable bonds is 4. The lowest BCUT2D eigenvalue weighted by molar-refractivity contribution is 0.0697. The van der Waals surface area contributed by atoms with Gasteiger partial charge in [0.2, 0.25) is 0 Å². The van der Waals surface area contributed by atoms with Crippen molar-refractivity contribution in [3.05, 3.63) is 81.6 Å². The van der Waals surface area contributed by atoms with E-state index in [1.807, 2.05) is 68.0 Å². The Morgan fingerprint density at radius 1 is 1.08 bits per heavy atom. The lowest BCUT2D eigenvalue weighted by Gasteiger charge is -2.11. The molecule has 0 aliphatic rings. The van der Waals surface area contributed by atoms with Gasteiger partial charge in [-0.3, -0.25) is 4.99 Å². The normalized spacial score (nSPS) is 11.2. The molecule has 2 aromatic carbocycles. The van der Waals surface area contributed by atoms with E-state index in [2.05, 4.69) is 4.99 Å². The second-order valence-electron chi connectivity index (χ2n) is 6.22. The van der Waals surface area contributed by atoms with Gasteiger partial charge in [0.15, 0.2) is 0 Å². The molecule has 0 radical (unpaired) electrons. The molecule has 0 amide bonds. The summed E-state index contributed by atoms with van der Waals surface area (Å²) in [6.45, 7) is 6.00. The van der Waals surface area contributed by atoms with E-state index in [0.717, 1.165) is 28.3 Å². The van der Waals surface area contributed by atoms with Gasteiger partial charge in [-0.25, -0.2) is 4.79 Å². The van der Waals surface area contributed by atoms with E-state index in [4.69, 9.17) is 11.6 Å². The Kier molecular flexibility index (Phi) is 4.96. The minimum absolute atomic E-state index is 0.0894.